The van der Waals surface area contributed by atoms with Crippen molar-refractivity contribution in [3.05, 3.63) is 22.4 Å². The molecule has 0 spiro atoms. The Kier molecular flexibility index (Phi) is 4.22. The van der Waals surface area contributed by atoms with Crippen molar-refractivity contribution in [2.75, 3.05) is 6.61 Å². The van der Waals surface area contributed by atoms with Crippen LogP contribution in [0, 0.1) is 23.2 Å². The van der Waals surface area contributed by atoms with Crippen molar-refractivity contribution in [1.29, 1.82) is 5.26 Å². The van der Waals surface area contributed by atoms with Gasteiger partial charge in [-0.05, 0) is 29.6 Å². The summed E-state index contributed by atoms with van der Waals surface area (Å²) >= 11 is 1.64. The highest BCUT2D eigenvalue weighted by molar-refractivity contribution is 7.09. The lowest BCUT2D eigenvalue weighted by Gasteiger charge is -2.19. The van der Waals surface area contributed by atoms with Crippen LogP contribution in [0.1, 0.15) is 11.3 Å². The molecule has 2 rings (SSSR count). The third kappa shape index (κ3) is 2.89. The van der Waals surface area contributed by atoms with Crippen molar-refractivity contribution in [3.8, 4) is 6.07 Å². The summed E-state index contributed by atoms with van der Waals surface area (Å²) in [6.45, 7) is 0.990. The summed E-state index contributed by atoms with van der Waals surface area (Å²) in [5, 5.41) is 20.6. The van der Waals surface area contributed by atoms with Crippen LogP contribution in [0.4, 0.5) is 0 Å². The minimum absolute atomic E-state index is 0.0602. The molecule has 0 bridgehead atoms. The van der Waals surface area contributed by atoms with E-state index >= 15 is 0 Å². The van der Waals surface area contributed by atoms with E-state index in [4.69, 9.17) is 17.8 Å². The van der Waals surface area contributed by atoms with E-state index in [1.54, 1.807) is 11.3 Å². The van der Waals surface area contributed by atoms with Gasteiger partial charge in [-0.2, -0.15) is 5.26 Å². The van der Waals surface area contributed by atoms with Gasteiger partial charge < -0.3 is 9.84 Å². The van der Waals surface area contributed by atoms with Crippen molar-refractivity contribution in [2.45, 2.75) is 24.9 Å². The van der Waals surface area contributed by atoms with E-state index in [-0.39, 0.29) is 17.7 Å². The van der Waals surface area contributed by atoms with Crippen LogP contribution in [-0.4, -0.2) is 25.7 Å². The molecule has 1 aromatic rings. The van der Waals surface area contributed by atoms with E-state index in [2.05, 4.69) is 6.07 Å². The Labute approximate surface area is 106 Å². The molecule has 1 aromatic heterocycles. The van der Waals surface area contributed by atoms with Crippen molar-refractivity contribution in [2.24, 2.45) is 11.8 Å². The highest BCUT2D eigenvalue weighted by atomic mass is 32.1. The number of nitriles is 1. The molecule has 4 unspecified atom stereocenters. The monoisotopic (exact) mass is 247 g/mol. The summed E-state index contributed by atoms with van der Waals surface area (Å²) in [4.78, 5) is 1.16. The van der Waals surface area contributed by atoms with Gasteiger partial charge in [0.2, 0.25) is 0 Å². The predicted octanol–water partition coefficient (Wildman–Crippen LogP) is 1.74. The van der Waals surface area contributed by atoms with E-state index in [1.165, 1.54) is 0 Å². The fraction of sp³-hybridized carbons (Fsp3) is 0.583. The lowest BCUT2D eigenvalue weighted by molar-refractivity contribution is 0.0785. The van der Waals surface area contributed by atoms with Gasteiger partial charge in [-0.1, -0.05) is 6.07 Å². The van der Waals surface area contributed by atoms with Crippen LogP contribution in [0.3, 0.4) is 0 Å². The topological polar surface area (TPSA) is 53.2 Å². The number of aliphatic hydroxyl groups excluding tert-OH is 1. The smallest absolute Gasteiger partial charge is 0.0809 e. The molecule has 88 valence electrons. The highest BCUT2D eigenvalue weighted by Crippen LogP contribution is 2.39. The normalized spacial score (nSPS) is 32.5. The minimum atomic E-state index is -0.574. The van der Waals surface area contributed by atoms with Gasteiger partial charge in [0.15, 0.2) is 0 Å². The lowest BCUT2D eigenvalue weighted by Crippen LogP contribution is -2.19. The maximum Gasteiger partial charge on any atom is 0.0809 e. The van der Waals surface area contributed by atoms with Gasteiger partial charge in [0, 0.05) is 4.88 Å². The molecule has 1 aliphatic rings. The van der Waals surface area contributed by atoms with Crippen molar-refractivity contribution < 1.29 is 9.84 Å². The molecule has 17 heavy (non-hydrogen) atoms. The second kappa shape index (κ2) is 5.68. The summed E-state index contributed by atoms with van der Waals surface area (Å²) in [6, 6.07) is 6.19. The van der Waals surface area contributed by atoms with Crippen LogP contribution in [0.15, 0.2) is 17.5 Å². The molecule has 5 heteroatoms. The number of thiophene rings is 1. The second-order valence-corrected chi connectivity index (χ2v) is 5.41. The SMILES string of the molecule is [B]C1C(O)CC(C#N)C1COCc1cccs1. The number of aliphatic hydroxyl groups is 1. The Morgan fingerprint density at radius 3 is 3.12 bits per heavy atom. The van der Waals surface area contributed by atoms with E-state index in [1.807, 2.05) is 17.5 Å². The zero-order chi connectivity index (χ0) is 12.3. The highest BCUT2D eigenvalue weighted by Gasteiger charge is 2.39. The van der Waals surface area contributed by atoms with Gasteiger partial charge in [0.05, 0.1) is 39.2 Å². The first-order chi connectivity index (χ1) is 8.22. The Morgan fingerprint density at radius 1 is 1.65 bits per heavy atom. The summed E-state index contributed by atoms with van der Waals surface area (Å²) in [5.74, 6) is -0.596. The van der Waals surface area contributed by atoms with Gasteiger partial charge in [0.1, 0.15) is 0 Å². The van der Waals surface area contributed by atoms with Crippen LogP contribution >= 0.6 is 11.3 Å². The number of nitrogens with zero attached hydrogens (tertiary/aromatic N) is 1. The number of rotatable bonds is 4. The molecular formula is C12H14BNO2S. The average molecular weight is 247 g/mol. The number of ether oxygens (including phenoxy) is 1. The molecule has 4 atom stereocenters. The third-order valence-electron chi connectivity index (χ3n) is 3.25. The van der Waals surface area contributed by atoms with Crippen LogP contribution in [0.25, 0.3) is 0 Å². The van der Waals surface area contributed by atoms with Crippen LogP contribution in [0.5, 0.6) is 0 Å². The van der Waals surface area contributed by atoms with E-state index in [0.29, 0.717) is 19.6 Å². The fourth-order valence-corrected chi connectivity index (χ4v) is 2.85. The van der Waals surface area contributed by atoms with E-state index in [9.17, 15) is 5.11 Å². The summed E-state index contributed by atoms with van der Waals surface area (Å²) in [7, 11) is 5.87. The Bertz CT molecular complexity index is 390. The van der Waals surface area contributed by atoms with Gasteiger partial charge in [0.25, 0.3) is 0 Å². The maximum atomic E-state index is 9.62. The molecule has 1 heterocycles. The van der Waals surface area contributed by atoms with Crippen LogP contribution in [0.2, 0.25) is 5.82 Å². The standard InChI is InChI=1S/C12H14BNO2S/c13-12-10(8(5-14)4-11(12)15)7-16-6-9-2-1-3-17-9/h1-3,8,10-12,15H,4,6-7H2. The van der Waals surface area contributed by atoms with E-state index < -0.39 is 6.10 Å². The quantitative estimate of drug-likeness (QED) is 0.824. The van der Waals surface area contributed by atoms with Crippen LogP contribution < -0.4 is 0 Å². The third-order valence-corrected chi connectivity index (χ3v) is 4.10. The van der Waals surface area contributed by atoms with Gasteiger partial charge >= 0.3 is 0 Å². The molecular weight excluding hydrogens is 233 g/mol. The summed E-state index contributed by atoms with van der Waals surface area (Å²) in [5.41, 5.74) is 0. The van der Waals surface area contributed by atoms with Crippen LogP contribution in [-0.2, 0) is 11.3 Å². The zero-order valence-electron chi connectivity index (χ0n) is 9.45. The lowest BCUT2D eigenvalue weighted by atomic mass is 9.76. The molecule has 0 amide bonds. The first-order valence-corrected chi connectivity index (χ1v) is 6.53. The molecule has 0 aliphatic heterocycles. The van der Waals surface area contributed by atoms with Gasteiger partial charge in [-0.15, -0.1) is 11.3 Å². The molecule has 0 saturated heterocycles. The first kappa shape index (κ1) is 12.6. The predicted molar refractivity (Wildman–Crippen MR) is 66.7 cm³/mol. The molecule has 1 fully saturated rings. The summed E-state index contributed by atoms with van der Waals surface area (Å²) in [6.07, 6.45) is -0.111. The molecule has 1 N–H and O–H groups in total. The fourth-order valence-electron chi connectivity index (χ4n) is 2.21. The molecule has 3 nitrogen and oxygen atoms in total. The summed E-state index contributed by atoms with van der Waals surface area (Å²) < 4.78 is 5.58. The molecule has 0 aromatic carbocycles. The minimum Gasteiger partial charge on any atom is -0.394 e. The Balaban J connectivity index is 1.83. The zero-order valence-corrected chi connectivity index (χ0v) is 10.3. The van der Waals surface area contributed by atoms with Gasteiger partial charge in [-0.3, -0.25) is 0 Å². The maximum absolute atomic E-state index is 9.62. The molecule has 1 aliphatic carbocycles. The van der Waals surface area contributed by atoms with Gasteiger partial charge in [-0.25, -0.2) is 0 Å². The van der Waals surface area contributed by atoms with Crippen molar-refractivity contribution in [3.63, 3.8) is 0 Å². The number of hydrogen-bond acceptors (Lipinski definition) is 4. The number of hydrogen-bond donors (Lipinski definition) is 1. The largest absolute Gasteiger partial charge is 0.394 e. The van der Waals surface area contributed by atoms with Crippen molar-refractivity contribution in [1.82, 2.24) is 0 Å². The second-order valence-electron chi connectivity index (χ2n) is 4.37. The average Bonchev–Trinajstić information content (AvgIpc) is 2.92. The van der Waals surface area contributed by atoms with Crippen molar-refractivity contribution >= 4 is 19.2 Å². The molecule has 1 saturated carbocycles. The van der Waals surface area contributed by atoms with E-state index in [0.717, 1.165) is 4.88 Å². The Morgan fingerprint density at radius 2 is 2.47 bits per heavy atom. The molecule has 2 radical (unpaired) electrons. The Hall–Kier alpha value is -0.825. The first-order valence-electron chi connectivity index (χ1n) is 5.65.